The number of benzene rings is 1. The second kappa shape index (κ2) is 7.65. The Morgan fingerprint density at radius 2 is 1.92 bits per heavy atom. The van der Waals surface area contributed by atoms with E-state index >= 15 is 0 Å². The van der Waals surface area contributed by atoms with Gasteiger partial charge in [-0.1, -0.05) is 6.07 Å². The highest BCUT2D eigenvalue weighted by molar-refractivity contribution is 6.12. The van der Waals surface area contributed by atoms with E-state index in [1.165, 1.54) is 14.0 Å². The van der Waals surface area contributed by atoms with Crippen molar-refractivity contribution in [2.24, 2.45) is 0 Å². The first-order valence-corrected chi connectivity index (χ1v) is 7.65. The van der Waals surface area contributed by atoms with Crippen LogP contribution in [0.2, 0.25) is 0 Å². The van der Waals surface area contributed by atoms with Crippen molar-refractivity contribution in [3.05, 3.63) is 46.7 Å². The van der Waals surface area contributed by atoms with Crippen molar-refractivity contribution in [1.82, 2.24) is 0 Å². The zero-order valence-electron chi connectivity index (χ0n) is 14.5. The standard InChI is InChI=1S/C18H19NO6/c1-5-24-18(22)15-14(10(2)20)11(3)25-17(15)19-16(21)12-7-6-8-13(9-12)23-4/h6-9H,5H2,1-4H3,(H,19,21). The number of rotatable bonds is 6. The second-order valence-electron chi connectivity index (χ2n) is 5.20. The molecular weight excluding hydrogens is 326 g/mol. The summed E-state index contributed by atoms with van der Waals surface area (Å²) in [5.74, 6) is -0.964. The van der Waals surface area contributed by atoms with Gasteiger partial charge in [-0.25, -0.2) is 4.79 Å². The molecule has 0 fully saturated rings. The summed E-state index contributed by atoms with van der Waals surface area (Å²) < 4.78 is 15.5. The van der Waals surface area contributed by atoms with E-state index in [4.69, 9.17) is 13.9 Å². The van der Waals surface area contributed by atoms with E-state index in [-0.39, 0.29) is 35.2 Å². The summed E-state index contributed by atoms with van der Waals surface area (Å²) in [6.07, 6.45) is 0. The quantitative estimate of drug-likeness (QED) is 0.638. The first kappa shape index (κ1) is 18.3. The van der Waals surface area contributed by atoms with Crippen LogP contribution >= 0.6 is 0 Å². The first-order chi connectivity index (χ1) is 11.9. The number of anilines is 1. The van der Waals surface area contributed by atoms with Crippen molar-refractivity contribution in [3.8, 4) is 5.75 Å². The van der Waals surface area contributed by atoms with Crippen molar-refractivity contribution in [2.75, 3.05) is 19.0 Å². The molecule has 1 N–H and O–H groups in total. The summed E-state index contributed by atoms with van der Waals surface area (Å²) in [6.45, 7) is 4.63. The van der Waals surface area contributed by atoms with Gasteiger partial charge in [-0.3, -0.25) is 14.9 Å². The number of ether oxygens (including phenoxy) is 2. The molecule has 132 valence electrons. The van der Waals surface area contributed by atoms with Gasteiger partial charge in [0.05, 0.1) is 19.3 Å². The maximum Gasteiger partial charge on any atom is 0.344 e. The van der Waals surface area contributed by atoms with Crippen LogP contribution < -0.4 is 10.1 Å². The maximum atomic E-state index is 12.4. The summed E-state index contributed by atoms with van der Waals surface area (Å²) in [6, 6.07) is 6.49. The zero-order chi connectivity index (χ0) is 18.6. The molecule has 0 bridgehead atoms. The summed E-state index contributed by atoms with van der Waals surface area (Å²) in [7, 11) is 1.49. The minimum atomic E-state index is -0.731. The van der Waals surface area contributed by atoms with E-state index in [1.807, 2.05) is 0 Å². The van der Waals surface area contributed by atoms with E-state index in [1.54, 1.807) is 38.1 Å². The SMILES string of the molecule is CCOC(=O)c1c(NC(=O)c2cccc(OC)c2)oc(C)c1C(C)=O. The Kier molecular flexibility index (Phi) is 5.59. The van der Waals surface area contributed by atoms with Gasteiger partial charge in [-0.15, -0.1) is 0 Å². The van der Waals surface area contributed by atoms with Crippen LogP contribution in [-0.4, -0.2) is 31.4 Å². The van der Waals surface area contributed by atoms with Gasteiger partial charge in [0.15, 0.2) is 5.78 Å². The lowest BCUT2D eigenvalue weighted by molar-refractivity contribution is 0.0524. The Morgan fingerprint density at radius 3 is 2.52 bits per heavy atom. The van der Waals surface area contributed by atoms with Gasteiger partial charge in [-0.2, -0.15) is 0 Å². The van der Waals surface area contributed by atoms with Crippen LogP contribution in [0.3, 0.4) is 0 Å². The average molecular weight is 345 g/mol. The van der Waals surface area contributed by atoms with E-state index in [2.05, 4.69) is 5.32 Å². The highest BCUT2D eigenvalue weighted by Crippen LogP contribution is 2.29. The van der Waals surface area contributed by atoms with Gasteiger partial charge in [0.25, 0.3) is 5.91 Å². The number of Topliss-reactive ketones (excluding diaryl/α,β-unsaturated/α-hetero) is 1. The number of ketones is 1. The number of aryl methyl sites for hydroxylation is 1. The molecular formula is C18H19NO6. The first-order valence-electron chi connectivity index (χ1n) is 7.65. The molecule has 0 aliphatic heterocycles. The van der Waals surface area contributed by atoms with Crippen molar-refractivity contribution >= 4 is 23.5 Å². The van der Waals surface area contributed by atoms with E-state index in [0.29, 0.717) is 11.3 Å². The molecule has 1 aromatic heterocycles. The smallest absolute Gasteiger partial charge is 0.344 e. The molecule has 1 amide bonds. The topological polar surface area (TPSA) is 94.8 Å². The number of amides is 1. The van der Waals surface area contributed by atoms with Crippen LogP contribution in [0.15, 0.2) is 28.7 Å². The molecule has 0 spiro atoms. The van der Waals surface area contributed by atoms with Gasteiger partial charge >= 0.3 is 5.97 Å². The Labute approximate surface area is 144 Å². The fourth-order valence-corrected chi connectivity index (χ4v) is 2.39. The lowest BCUT2D eigenvalue weighted by Crippen LogP contribution is -2.16. The van der Waals surface area contributed by atoms with Crippen molar-refractivity contribution < 1.29 is 28.3 Å². The predicted molar refractivity (Wildman–Crippen MR) is 90.4 cm³/mol. The monoisotopic (exact) mass is 345 g/mol. The molecule has 25 heavy (non-hydrogen) atoms. The summed E-state index contributed by atoms with van der Waals surface area (Å²) in [4.78, 5) is 36.5. The second-order valence-corrected chi connectivity index (χ2v) is 5.20. The number of hydrogen-bond acceptors (Lipinski definition) is 6. The lowest BCUT2D eigenvalue weighted by Gasteiger charge is -2.07. The highest BCUT2D eigenvalue weighted by atomic mass is 16.5. The van der Waals surface area contributed by atoms with Crippen molar-refractivity contribution in [3.63, 3.8) is 0 Å². The molecule has 2 rings (SSSR count). The summed E-state index contributed by atoms with van der Waals surface area (Å²) >= 11 is 0. The van der Waals surface area contributed by atoms with Crippen LogP contribution in [0.5, 0.6) is 5.75 Å². The van der Waals surface area contributed by atoms with Crippen LogP contribution in [-0.2, 0) is 4.74 Å². The third-order valence-electron chi connectivity index (χ3n) is 3.47. The van der Waals surface area contributed by atoms with E-state index < -0.39 is 11.9 Å². The van der Waals surface area contributed by atoms with Gasteiger partial charge in [0.2, 0.25) is 5.88 Å². The predicted octanol–water partition coefficient (Wildman–Crippen LogP) is 3.23. The molecule has 0 saturated heterocycles. The molecule has 0 aliphatic carbocycles. The molecule has 1 heterocycles. The van der Waals surface area contributed by atoms with Gasteiger partial charge in [0, 0.05) is 5.56 Å². The normalized spacial score (nSPS) is 10.2. The van der Waals surface area contributed by atoms with E-state index in [0.717, 1.165) is 0 Å². The number of nitrogens with one attached hydrogen (secondary N) is 1. The molecule has 2 aromatic rings. The number of carbonyl (C=O) groups excluding carboxylic acids is 3. The van der Waals surface area contributed by atoms with Crippen LogP contribution in [0.4, 0.5) is 5.88 Å². The Bertz CT molecular complexity index is 821. The van der Waals surface area contributed by atoms with Crippen molar-refractivity contribution in [1.29, 1.82) is 0 Å². The Morgan fingerprint density at radius 1 is 1.20 bits per heavy atom. The largest absolute Gasteiger partial charge is 0.497 e. The van der Waals surface area contributed by atoms with Gasteiger partial charge in [0.1, 0.15) is 17.1 Å². The van der Waals surface area contributed by atoms with Gasteiger partial charge in [-0.05, 0) is 39.0 Å². The molecule has 0 radical (unpaired) electrons. The summed E-state index contributed by atoms with van der Waals surface area (Å²) in [5, 5.41) is 2.52. The summed E-state index contributed by atoms with van der Waals surface area (Å²) in [5.41, 5.74) is 0.329. The average Bonchev–Trinajstić information content (AvgIpc) is 2.91. The number of esters is 1. The molecule has 1 aromatic carbocycles. The molecule has 0 saturated carbocycles. The lowest BCUT2D eigenvalue weighted by atomic mass is 10.1. The third kappa shape index (κ3) is 3.88. The van der Waals surface area contributed by atoms with Crippen molar-refractivity contribution in [2.45, 2.75) is 20.8 Å². The van der Waals surface area contributed by atoms with Crippen LogP contribution in [0.25, 0.3) is 0 Å². The number of methoxy groups -OCH3 is 1. The zero-order valence-corrected chi connectivity index (χ0v) is 14.5. The Hall–Kier alpha value is -3.09. The number of furan rings is 1. The fourth-order valence-electron chi connectivity index (χ4n) is 2.39. The highest BCUT2D eigenvalue weighted by Gasteiger charge is 2.28. The fraction of sp³-hybridized carbons (Fsp3) is 0.278. The molecule has 0 unspecified atom stereocenters. The van der Waals surface area contributed by atoms with Gasteiger partial charge < -0.3 is 13.9 Å². The Balaban J connectivity index is 2.41. The molecule has 7 heteroatoms. The molecule has 0 aliphatic rings. The van der Waals surface area contributed by atoms with E-state index in [9.17, 15) is 14.4 Å². The van der Waals surface area contributed by atoms with Crippen LogP contribution in [0.1, 0.15) is 50.7 Å². The third-order valence-corrected chi connectivity index (χ3v) is 3.47. The minimum Gasteiger partial charge on any atom is -0.497 e. The number of carbonyl (C=O) groups is 3. The molecule has 0 atom stereocenters. The minimum absolute atomic E-state index is 0.0805. The number of hydrogen-bond donors (Lipinski definition) is 1. The maximum absolute atomic E-state index is 12.4. The molecule has 7 nitrogen and oxygen atoms in total. The van der Waals surface area contributed by atoms with Crippen LogP contribution in [0, 0.1) is 6.92 Å².